The van der Waals surface area contributed by atoms with Gasteiger partial charge in [-0.15, -0.1) is 0 Å². The van der Waals surface area contributed by atoms with Gasteiger partial charge in [-0.25, -0.2) is 8.78 Å². The fraction of sp³-hybridized carbons (Fsp3) is 0.500. The minimum absolute atomic E-state index is 0.106. The van der Waals surface area contributed by atoms with Crippen molar-refractivity contribution >= 4 is 5.91 Å². The van der Waals surface area contributed by atoms with Crippen LogP contribution in [-0.4, -0.2) is 28.0 Å². The van der Waals surface area contributed by atoms with Gasteiger partial charge in [-0.3, -0.25) is 4.79 Å². The Morgan fingerprint density at radius 3 is 2.16 bits per heavy atom. The SMILES string of the molecule is CC(C)N(C(=O)c1cc(F)cc(F)c1CO)C(C)C. The summed E-state index contributed by atoms with van der Waals surface area (Å²) in [7, 11) is 0. The van der Waals surface area contributed by atoms with E-state index in [1.165, 1.54) is 4.90 Å². The second-order valence-corrected chi connectivity index (χ2v) is 4.97. The summed E-state index contributed by atoms with van der Waals surface area (Å²) in [5.74, 6) is -2.21. The highest BCUT2D eigenvalue weighted by Gasteiger charge is 2.25. The van der Waals surface area contributed by atoms with Crippen LogP contribution in [0.5, 0.6) is 0 Å². The number of amides is 1. The summed E-state index contributed by atoms with van der Waals surface area (Å²) >= 11 is 0. The third-order valence-electron chi connectivity index (χ3n) is 2.90. The summed E-state index contributed by atoms with van der Waals surface area (Å²) in [6, 6.07) is 1.42. The van der Waals surface area contributed by atoms with Crippen LogP contribution in [-0.2, 0) is 6.61 Å². The molecule has 1 N–H and O–H groups in total. The first-order valence-electron chi connectivity index (χ1n) is 6.21. The Kier molecular flexibility index (Phi) is 5.00. The molecule has 0 saturated carbocycles. The third-order valence-corrected chi connectivity index (χ3v) is 2.90. The van der Waals surface area contributed by atoms with E-state index in [0.29, 0.717) is 6.07 Å². The van der Waals surface area contributed by atoms with E-state index in [4.69, 9.17) is 5.11 Å². The smallest absolute Gasteiger partial charge is 0.254 e. The van der Waals surface area contributed by atoms with Crippen LogP contribution < -0.4 is 0 Å². The average molecular weight is 271 g/mol. The number of halogens is 2. The van der Waals surface area contributed by atoms with Crippen LogP contribution in [0.2, 0.25) is 0 Å². The molecule has 0 aliphatic carbocycles. The number of nitrogens with zero attached hydrogens (tertiary/aromatic N) is 1. The summed E-state index contributed by atoms with van der Waals surface area (Å²) in [6.07, 6.45) is 0. The fourth-order valence-electron chi connectivity index (χ4n) is 2.16. The van der Waals surface area contributed by atoms with Gasteiger partial charge in [0.05, 0.1) is 12.2 Å². The van der Waals surface area contributed by atoms with Gasteiger partial charge in [-0.2, -0.15) is 0 Å². The zero-order valence-corrected chi connectivity index (χ0v) is 11.6. The first-order chi connectivity index (χ1) is 8.79. The topological polar surface area (TPSA) is 40.5 Å². The highest BCUT2D eigenvalue weighted by atomic mass is 19.1. The maximum absolute atomic E-state index is 13.6. The number of carbonyl (C=O) groups is 1. The second kappa shape index (κ2) is 6.10. The molecule has 0 aliphatic heterocycles. The number of benzene rings is 1. The molecule has 0 saturated heterocycles. The maximum atomic E-state index is 13.6. The zero-order chi connectivity index (χ0) is 14.7. The van der Waals surface area contributed by atoms with Crippen molar-refractivity contribution in [2.75, 3.05) is 0 Å². The Bertz CT molecular complexity index is 465. The average Bonchev–Trinajstić information content (AvgIpc) is 2.26. The monoisotopic (exact) mass is 271 g/mol. The Hall–Kier alpha value is -1.49. The summed E-state index contributed by atoms with van der Waals surface area (Å²) in [4.78, 5) is 13.9. The van der Waals surface area contributed by atoms with E-state index in [9.17, 15) is 13.6 Å². The van der Waals surface area contributed by atoms with Crippen LogP contribution in [0.1, 0.15) is 43.6 Å². The Labute approximate surface area is 111 Å². The number of carbonyl (C=O) groups excluding carboxylic acids is 1. The highest BCUT2D eigenvalue weighted by molar-refractivity contribution is 5.96. The molecule has 106 valence electrons. The quantitative estimate of drug-likeness (QED) is 0.914. The molecule has 1 aromatic carbocycles. The molecule has 0 aromatic heterocycles. The lowest BCUT2D eigenvalue weighted by atomic mass is 10.0. The summed E-state index contributed by atoms with van der Waals surface area (Å²) in [5.41, 5.74) is -0.292. The molecule has 0 spiro atoms. The molecule has 1 aromatic rings. The Morgan fingerprint density at radius 2 is 1.74 bits per heavy atom. The molecule has 5 heteroatoms. The Balaban J connectivity index is 3.32. The van der Waals surface area contributed by atoms with Crippen molar-refractivity contribution in [3.05, 3.63) is 34.9 Å². The summed E-state index contributed by atoms with van der Waals surface area (Å²) in [6.45, 7) is 6.66. The number of rotatable bonds is 4. The molecule has 19 heavy (non-hydrogen) atoms. The van der Waals surface area contributed by atoms with Crippen molar-refractivity contribution in [1.82, 2.24) is 4.90 Å². The lowest BCUT2D eigenvalue weighted by Crippen LogP contribution is -2.42. The van der Waals surface area contributed by atoms with Crippen molar-refractivity contribution in [3.63, 3.8) is 0 Å². The van der Waals surface area contributed by atoms with Crippen molar-refractivity contribution in [3.8, 4) is 0 Å². The number of aliphatic hydroxyl groups excluding tert-OH is 1. The highest BCUT2D eigenvalue weighted by Crippen LogP contribution is 2.20. The van der Waals surface area contributed by atoms with Crippen LogP contribution in [0.15, 0.2) is 12.1 Å². The van der Waals surface area contributed by atoms with Gasteiger partial charge in [-0.1, -0.05) is 0 Å². The first-order valence-corrected chi connectivity index (χ1v) is 6.21. The van der Waals surface area contributed by atoms with Crippen molar-refractivity contribution in [2.24, 2.45) is 0 Å². The molecule has 0 atom stereocenters. The maximum Gasteiger partial charge on any atom is 0.254 e. The van der Waals surface area contributed by atoms with Crippen LogP contribution >= 0.6 is 0 Å². The molecule has 1 rings (SSSR count). The van der Waals surface area contributed by atoms with Gasteiger partial charge in [0.1, 0.15) is 11.6 Å². The molecule has 0 unspecified atom stereocenters. The first kappa shape index (κ1) is 15.6. The third kappa shape index (κ3) is 3.29. The van der Waals surface area contributed by atoms with Gasteiger partial charge in [0, 0.05) is 23.7 Å². The number of hydrogen-bond acceptors (Lipinski definition) is 2. The van der Waals surface area contributed by atoms with Gasteiger partial charge in [0.25, 0.3) is 5.91 Å². The molecule has 3 nitrogen and oxygen atoms in total. The van der Waals surface area contributed by atoms with Gasteiger partial charge in [0.2, 0.25) is 0 Å². The van der Waals surface area contributed by atoms with Crippen molar-refractivity contribution < 1.29 is 18.7 Å². The van der Waals surface area contributed by atoms with Crippen LogP contribution in [0, 0.1) is 11.6 Å². The van der Waals surface area contributed by atoms with Crippen molar-refractivity contribution in [2.45, 2.75) is 46.4 Å². The normalized spacial score (nSPS) is 11.2. The van der Waals surface area contributed by atoms with E-state index in [-0.39, 0.29) is 23.2 Å². The number of aliphatic hydroxyl groups is 1. The van der Waals surface area contributed by atoms with Crippen LogP contribution in [0.25, 0.3) is 0 Å². The molecular weight excluding hydrogens is 252 g/mol. The molecule has 0 bridgehead atoms. The van der Waals surface area contributed by atoms with Gasteiger partial charge in [-0.05, 0) is 33.8 Å². The Morgan fingerprint density at radius 1 is 1.21 bits per heavy atom. The lowest BCUT2D eigenvalue weighted by Gasteiger charge is -2.31. The fourth-order valence-corrected chi connectivity index (χ4v) is 2.16. The standard InChI is InChI=1S/C14H19F2NO2/c1-8(2)17(9(3)4)14(19)11-5-10(15)6-13(16)12(11)7-18/h5-6,8-9,18H,7H2,1-4H3. The molecular formula is C14H19F2NO2. The molecule has 0 radical (unpaired) electrons. The summed E-state index contributed by atoms with van der Waals surface area (Å²) in [5, 5.41) is 9.16. The van der Waals surface area contributed by atoms with Gasteiger partial charge in [0.15, 0.2) is 0 Å². The summed E-state index contributed by atoms with van der Waals surface area (Å²) < 4.78 is 26.8. The molecule has 1 amide bonds. The van der Waals surface area contributed by atoms with Gasteiger partial charge < -0.3 is 10.0 Å². The minimum Gasteiger partial charge on any atom is -0.392 e. The largest absolute Gasteiger partial charge is 0.392 e. The minimum atomic E-state index is -0.904. The van der Waals surface area contributed by atoms with E-state index in [1.807, 2.05) is 27.7 Å². The lowest BCUT2D eigenvalue weighted by molar-refractivity contribution is 0.0639. The molecule has 0 fully saturated rings. The van der Waals surface area contributed by atoms with E-state index >= 15 is 0 Å². The van der Waals surface area contributed by atoms with Crippen LogP contribution in [0.3, 0.4) is 0 Å². The van der Waals surface area contributed by atoms with E-state index < -0.39 is 24.1 Å². The second-order valence-electron chi connectivity index (χ2n) is 4.97. The van der Waals surface area contributed by atoms with Gasteiger partial charge >= 0.3 is 0 Å². The number of hydrogen-bond donors (Lipinski definition) is 1. The van der Waals surface area contributed by atoms with E-state index in [2.05, 4.69) is 0 Å². The van der Waals surface area contributed by atoms with Crippen LogP contribution in [0.4, 0.5) is 8.78 Å². The molecule has 0 aliphatic rings. The molecule has 0 heterocycles. The zero-order valence-electron chi connectivity index (χ0n) is 11.6. The van der Waals surface area contributed by atoms with E-state index in [1.54, 1.807) is 0 Å². The predicted molar refractivity (Wildman–Crippen MR) is 68.7 cm³/mol. The van der Waals surface area contributed by atoms with E-state index in [0.717, 1.165) is 6.07 Å². The van der Waals surface area contributed by atoms with Crippen molar-refractivity contribution in [1.29, 1.82) is 0 Å². The predicted octanol–water partition coefficient (Wildman–Crippen LogP) is 2.72.